The molecule has 0 radical (unpaired) electrons. The average molecular weight is 249 g/mol. The van der Waals surface area contributed by atoms with Crippen LogP contribution >= 0.6 is 0 Å². The molecule has 0 bridgehead atoms. The van der Waals surface area contributed by atoms with Gasteiger partial charge in [0, 0.05) is 13.2 Å². The first-order chi connectivity index (χ1) is 8.72. The summed E-state index contributed by atoms with van der Waals surface area (Å²) in [6.07, 6.45) is 2.33. The fraction of sp³-hybridized carbons (Fsp3) is 0.545. The number of anilines is 1. The summed E-state index contributed by atoms with van der Waals surface area (Å²) in [4.78, 5) is 25.7. The Bertz CT molecular complexity index is 611. The summed E-state index contributed by atoms with van der Waals surface area (Å²) in [5.74, 6) is 1.12. The molecule has 0 aromatic carbocycles. The van der Waals surface area contributed by atoms with Gasteiger partial charge in [-0.3, -0.25) is 9.78 Å². The van der Waals surface area contributed by atoms with Crippen molar-refractivity contribution in [1.82, 2.24) is 19.9 Å². The number of imidazole rings is 1. The van der Waals surface area contributed by atoms with Crippen LogP contribution in [0.3, 0.4) is 0 Å². The van der Waals surface area contributed by atoms with Crippen LogP contribution in [-0.2, 0) is 4.74 Å². The number of aromatic amines is 2. The molecule has 18 heavy (non-hydrogen) atoms. The van der Waals surface area contributed by atoms with Crippen molar-refractivity contribution in [2.24, 2.45) is 0 Å². The lowest BCUT2D eigenvalue weighted by Crippen LogP contribution is -2.21. The van der Waals surface area contributed by atoms with E-state index in [0.29, 0.717) is 29.5 Å². The first-order valence-electron chi connectivity index (χ1n) is 6.04. The summed E-state index contributed by atoms with van der Waals surface area (Å²) in [6.45, 7) is 3.26. The summed E-state index contributed by atoms with van der Waals surface area (Å²) in [6, 6.07) is 0. The predicted octanol–water partition coefficient (Wildman–Crippen LogP) is 0.546. The monoisotopic (exact) mass is 249 g/mol. The first kappa shape index (κ1) is 11.2. The van der Waals surface area contributed by atoms with Gasteiger partial charge in [-0.15, -0.1) is 0 Å². The van der Waals surface area contributed by atoms with E-state index in [2.05, 4.69) is 25.3 Å². The Balaban J connectivity index is 1.81. The first-order valence-corrected chi connectivity index (χ1v) is 6.04. The van der Waals surface area contributed by atoms with Gasteiger partial charge in [-0.1, -0.05) is 0 Å². The van der Waals surface area contributed by atoms with E-state index in [1.165, 1.54) is 0 Å². The van der Waals surface area contributed by atoms with E-state index in [1.54, 1.807) is 6.92 Å². The Hall–Kier alpha value is -1.89. The van der Waals surface area contributed by atoms with Gasteiger partial charge in [0.1, 0.15) is 5.82 Å². The van der Waals surface area contributed by atoms with Gasteiger partial charge in [0.15, 0.2) is 11.2 Å². The van der Waals surface area contributed by atoms with Gasteiger partial charge >= 0.3 is 0 Å². The van der Waals surface area contributed by atoms with Crippen molar-refractivity contribution in [2.45, 2.75) is 25.9 Å². The zero-order valence-electron chi connectivity index (χ0n) is 10.1. The fourth-order valence-corrected chi connectivity index (χ4v) is 2.12. The molecular formula is C11H15N5O2. The van der Waals surface area contributed by atoms with Crippen LogP contribution in [0.1, 0.15) is 18.7 Å². The topological polar surface area (TPSA) is 95.7 Å². The number of aromatic nitrogens is 4. The normalized spacial score (nSPS) is 19.5. The van der Waals surface area contributed by atoms with E-state index >= 15 is 0 Å². The van der Waals surface area contributed by atoms with E-state index < -0.39 is 0 Å². The third-order valence-electron chi connectivity index (χ3n) is 3.00. The minimum absolute atomic E-state index is 0.201. The second kappa shape index (κ2) is 4.41. The molecule has 1 unspecified atom stereocenters. The number of aryl methyl sites for hydroxylation is 1. The van der Waals surface area contributed by atoms with Crippen molar-refractivity contribution in [3.63, 3.8) is 0 Å². The van der Waals surface area contributed by atoms with Gasteiger partial charge in [-0.25, -0.2) is 4.98 Å². The van der Waals surface area contributed by atoms with Crippen LogP contribution in [0.5, 0.6) is 0 Å². The molecular weight excluding hydrogens is 234 g/mol. The number of hydrogen-bond donors (Lipinski definition) is 3. The lowest BCUT2D eigenvalue weighted by Gasteiger charge is -2.10. The molecule has 0 spiro atoms. The second-order valence-corrected chi connectivity index (χ2v) is 4.45. The summed E-state index contributed by atoms with van der Waals surface area (Å²) < 4.78 is 5.49. The zero-order chi connectivity index (χ0) is 12.5. The molecule has 96 valence electrons. The fourth-order valence-electron chi connectivity index (χ4n) is 2.12. The number of fused-ring (bicyclic) bond motifs is 1. The molecule has 3 rings (SSSR count). The van der Waals surface area contributed by atoms with Gasteiger partial charge in [0.2, 0.25) is 5.95 Å². The number of hydrogen-bond acceptors (Lipinski definition) is 5. The summed E-state index contributed by atoms with van der Waals surface area (Å²) in [7, 11) is 0. The highest BCUT2D eigenvalue weighted by Gasteiger charge is 2.15. The van der Waals surface area contributed by atoms with E-state index in [1.807, 2.05) is 0 Å². The third kappa shape index (κ3) is 2.08. The molecule has 0 aliphatic carbocycles. The van der Waals surface area contributed by atoms with Crippen LogP contribution in [0.4, 0.5) is 5.95 Å². The quantitative estimate of drug-likeness (QED) is 0.738. The molecule has 0 saturated carbocycles. The van der Waals surface area contributed by atoms with Crippen molar-refractivity contribution in [3.8, 4) is 0 Å². The van der Waals surface area contributed by atoms with E-state index in [0.717, 1.165) is 19.4 Å². The molecule has 0 amide bonds. The maximum absolute atomic E-state index is 11.8. The molecule has 7 heteroatoms. The van der Waals surface area contributed by atoms with Gasteiger partial charge in [0.25, 0.3) is 5.56 Å². The van der Waals surface area contributed by atoms with Crippen LogP contribution < -0.4 is 10.9 Å². The van der Waals surface area contributed by atoms with Crippen molar-refractivity contribution in [3.05, 3.63) is 16.2 Å². The second-order valence-electron chi connectivity index (χ2n) is 4.45. The van der Waals surface area contributed by atoms with Gasteiger partial charge < -0.3 is 15.0 Å². The van der Waals surface area contributed by atoms with Crippen LogP contribution in [0, 0.1) is 6.92 Å². The SMILES string of the molecule is Cc1nc2nc(NCC3CCCO3)[nH]c(=O)c2[nH]1. The van der Waals surface area contributed by atoms with Crippen molar-refractivity contribution < 1.29 is 4.74 Å². The van der Waals surface area contributed by atoms with Gasteiger partial charge in [0.05, 0.1) is 6.10 Å². The van der Waals surface area contributed by atoms with E-state index in [4.69, 9.17) is 4.74 Å². The smallest absolute Gasteiger partial charge is 0.278 e. The van der Waals surface area contributed by atoms with Crippen LogP contribution in [0.15, 0.2) is 4.79 Å². The molecule has 1 aliphatic heterocycles. The standard InChI is InChI=1S/C11H15N5O2/c1-6-13-8-9(14-6)15-11(16-10(8)17)12-5-7-3-2-4-18-7/h7H,2-5H2,1H3,(H3,12,13,14,15,16,17). The van der Waals surface area contributed by atoms with Crippen molar-refractivity contribution in [2.75, 3.05) is 18.5 Å². The van der Waals surface area contributed by atoms with Crippen molar-refractivity contribution >= 4 is 17.1 Å². The molecule has 1 aliphatic rings. The number of rotatable bonds is 3. The molecule has 2 aromatic rings. The van der Waals surface area contributed by atoms with E-state index in [9.17, 15) is 4.79 Å². The molecule has 1 atom stereocenters. The highest BCUT2D eigenvalue weighted by atomic mass is 16.5. The third-order valence-corrected chi connectivity index (χ3v) is 3.00. The van der Waals surface area contributed by atoms with Crippen LogP contribution in [0.2, 0.25) is 0 Å². The Labute approximate surface area is 103 Å². The van der Waals surface area contributed by atoms with Gasteiger partial charge in [-0.2, -0.15) is 4.98 Å². The molecule has 1 saturated heterocycles. The predicted molar refractivity (Wildman–Crippen MR) is 66.7 cm³/mol. The molecule has 1 fully saturated rings. The molecule has 2 aromatic heterocycles. The minimum atomic E-state index is -0.213. The lowest BCUT2D eigenvalue weighted by molar-refractivity contribution is 0.120. The molecule has 7 nitrogen and oxygen atoms in total. The van der Waals surface area contributed by atoms with E-state index in [-0.39, 0.29) is 11.7 Å². The largest absolute Gasteiger partial charge is 0.376 e. The number of ether oxygens (including phenoxy) is 1. The Morgan fingerprint density at radius 3 is 3.11 bits per heavy atom. The maximum atomic E-state index is 11.8. The lowest BCUT2D eigenvalue weighted by atomic mass is 10.2. The summed E-state index contributed by atoms with van der Waals surface area (Å²) >= 11 is 0. The molecule has 3 N–H and O–H groups in total. The highest BCUT2D eigenvalue weighted by molar-refractivity contribution is 5.70. The van der Waals surface area contributed by atoms with Crippen LogP contribution in [0.25, 0.3) is 11.2 Å². The molecule has 3 heterocycles. The van der Waals surface area contributed by atoms with Crippen LogP contribution in [-0.4, -0.2) is 39.2 Å². The highest BCUT2D eigenvalue weighted by Crippen LogP contribution is 2.12. The van der Waals surface area contributed by atoms with Crippen molar-refractivity contribution in [1.29, 1.82) is 0 Å². The summed E-state index contributed by atoms with van der Waals surface area (Å²) in [5.41, 5.74) is 0.636. The summed E-state index contributed by atoms with van der Waals surface area (Å²) in [5, 5.41) is 3.08. The Morgan fingerprint density at radius 2 is 2.33 bits per heavy atom. The van der Waals surface area contributed by atoms with Gasteiger partial charge in [-0.05, 0) is 19.8 Å². The zero-order valence-corrected chi connectivity index (χ0v) is 10.1. The minimum Gasteiger partial charge on any atom is -0.376 e. The Kier molecular flexibility index (Phi) is 2.75. The number of H-pyrrole nitrogens is 2. The number of nitrogens with one attached hydrogen (secondary N) is 3. The Morgan fingerprint density at radius 1 is 1.44 bits per heavy atom. The number of nitrogens with zero attached hydrogens (tertiary/aromatic N) is 2. The average Bonchev–Trinajstić information content (AvgIpc) is 2.94. The maximum Gasteiger partial charge on any atom is 0.278 e.